The van der Waals surface area contributed by atoms with E-state index in [1.54, 1.807) is 4.31 Å². The number of hydrogen-bond donors (Lipinski definition) is 4. The Bertz CT molecular complexity index is 2710. The molecule has 2 aromatic heterocycles. The maximum Gasteiger partial charge on any atom is 0.224 e. The number of nitrogen functional groups attached to an aromatic ring is 2. The van der Waals surface area contributed by atoms with Gasteiger partial charge >= 0.3 is 0 Å². The zero-order valence-electron chi connectivity index (χ0n) is 40.9. The topological polar surface area (TPSA) is 262 Å². The first kappa shape index (κ1) is 55.9. The highest BCUT2D eigenvalue weighted by atomic mass is 35.5. The molecule has 3 aliphatic heterocycles. The number of methoxy groups -OCH3 is 2. The average molecular weight is 1060 g/mol. The fraction of sp³-hybridized carbons (Fsp3) is 0.532. The number of rotatable bonds is 21. The van der Waals surface area contributed by atoms with E-state index in [-0.39, 0.29) is 80.9 Å². The largest absolute Gasteiger partial charge is 0.496 e. The molecule has 25 heteroatoms. The Kier molecular flexibility index (Phi) is 20.2. The van der Waals surface area contributed by atoms with Gasteiger partial charge in [0.05, 0.1) is 48.0 Å². The molecule has 72 heavy (non-hydrogen) atoms. The summed E-state index contributed by atoms with van der Waals surface area (Å²) in [5.74, 6) is -0.701. The standard InChI is InChI=1S/C26H38FN7O4S.C21H27ClFN5O4S/c1-32-12-14-33(15-13-32)9-3-4-16-39(36,37)34-10-7-20(8-11-34)30-26-29-18-22(25(28)31-26)24(35)21-17-19(27)5-6-23(21)38-2;1-32-18-5-4-14(23)12-16(18)19(29)17-13-25-21(27-20(17)24)26-15-6-9-28(10-7-15)33(30,31)11-3-2-8-22/h5-6,17-18,20H,3-4,7-16H2,1-2H3,(H3,28,29,30,31);4-5,12-13,15H,2-3,6-11H2,1H3,(H3,24,25,26,27). The Labute approximate surface area is 425 Å². The van der Waals surface area contributed by atoms with E-state index < -0.39 is 43.2 Å². The highest BCUT2D eigenvalue weighted by Gasteiger charge is 2.30. The summed E-state index contributed by atoms with van der Waals surface area (Å²) in [7, 11) is -1.69. The quantitative estimate of drug-likeness (QED) is 0.0514. The minimum Gasteiger partial charge on any atom is -0.496 e. The maximum absolute atomic E-state index is 13.7. The second kappa shape index (κ2) is 26.0. The van der Waals surface area contributed by atoms with Gasteiger partial charge in [0.15, 0.2) is 0 Å². The molecular formula is C47H65ClF2N12O8S2. The Morgan fingerprint density at radius 3 is 1.46 bits per heavy atom. The summed E-state index contributed by atoms with van der Waals surface area (Å²) in [4.78, 5) is 47.2. The fourth-order valence-corrected chi connectivity index (χ4v) is 11.9. The maximum atomic E-state index is 13.7. The molecule has 6 N–H and O–H groups in total. The monoisotopic (exact) mass is 1060 g/mol. The van der Waals surface area contributed by atoms with Crippen molar-refractivity contribution in [3.8, 4) is 11.5 Å². The second-order valence-corrected chi connectivity index (χ2v) is 22.4. The molecule has 0 radical (unpaired) electrons. The summed E-state index contributed by atoms with van der Waals surface area (Å²) >= 11 is 5.62. The summed E-state index contributed by atoms with van der Waals surface area (Å²) in [6, 6.07) is 7.22. The van der Waals surface area contributed by atoms with Crippen molar-refractivity contribution < 1.29 is 44.7 Å². The zero-order valence-corrected chi connectivity index (χ0v) is 43.3. The molecular weight excluding hydrogens is 998 g/mol. The summed E-state index contributed by atoms with van der Waals surface area (Å²) in [5, 5.41) is 6.34. The number of likely N-dealkylation sites (N-methyl/N-ethyl adjacent to an activating group) is 1. The first-order valence-corrected chi connectivity index (χ1v) is 27.6. The van der Waals surface area contributed by atoms with Crippen LogP contribution in [0.15, 0.2) is 48.8 Å². The van der Waals surface area contributed by atoms with Crippen molar-refractivity contribution in [2.24, 2.45) is 0 Å². The van der Waals surface area contributed by atoms with Gasteiger partial charge in [-0.2, -0.15) is 9.97 Å². The van der Waals surface area contributed by atoms with Crippen LogP contribution in [0.4, 0.5) is 32.3 Å². The van der Waals surface area contributed by atoms with E-state index >= 15 is 0 Å². The Balaban J connectivity index is 0.000000239. The smallest absolute Gasteiger partial charge is 0.224 e. The number of aromatic nitrogens is 4. The van der Waals surface area contributed by atoms with Gasteiger partial charge in [0.25, 0.3) is 0 Å². The molecule has 0 saturated carbocycles. The lowest BCUT2D eigenvalue weighted by Crippen LogP contribution is -2.45. The molecule has 0 spiro atoms. The summed E-state index contributed by atoms with van der Waals surface area (Å²) in [6.45, 7) is 6.78. The molecule has 3 fully saturated rings. The number of carbonyl (C=O) groups is 2. The number of anilines is 4. The number of benzene rings is 2. The molecule has 0 bridgehead atoms. The second-order valence-electron chi connectivity index (χ2n) is 17.8. The zero-order chi connectivity index (χ0) is 52.0. The summed E-state index contributed by atoms with van der Waals surface area (Å²) in [5.41, 5.74) is 12.2. The normalized spacial score (nSPS) is 16.9. The van der Waals surface area contributed by atoms with Gasteiger partial charge in [0, 0.05) is 82.7 Å². The van der Waals surface area contributed by atoms with Crippen LogP contribution in [0, 0.1) is 11.6 Å². The molecule has 4 aromatic rings. The molecule has 5 heterocycles. The number of alkyl halides is 1. The average Bonchev–Trinajstić information content (AvgIpc) is 3.36. The van der Waals surface area contributed by atoms with Gasteiger partial charge in [-0.05, 0) is 101 Å². The van der Waals surface area contributed by atoms with E-state index in [0.717, 1.165) is 51.3 Å². The van der Waals surface area contributed by atoms with Crippen molar-refractivity contribution in [2.75, 3.05) is 120 Å². The van der Waals surface area contributed by atoms with Crippen LogP contribution in [0.1, 0.15) is 83.2 Å². The molecule has 394 valence electrons. The number of nitrogens with two attached hydrogens (primary N) is 2. The van der Waals surface area contributed by atoms with E-state index in [1.165, 1.54) is 55.2 Å². The summed E-state index contributed by atoms with van der Waals surface area (Å²) < 4.78 is 91.3. The van der Waals surface area contributed by atoms with Crippen molar-refractivity contribution in [3.05, 3.63) is 82.7 Å². The van der Waals surface area contributed by atoms with Crippen molar-refractivity contribution >= 4 is 66.7 Å². The number of sulfonamides is 2. The predicted molar refractivity (Wildman–Crippen MR) is 273 cm³/mol. The van der Waals surface area contributed by atoms with Crippen molar-refractivity contribution in [2.45, 2.75) is 63.5 Å². The van der Waals surface area contributed by atoms with Crippen LogP contribution in [0.25, 0.3) is 0 Å². The van der Waals surface area contributed by atoms with Crippen LogP contribution in [0.2, 0.25) is 0 Å². The molecule has 0 unspecified atom stereocenters. The van der Waals surface area contributed by atoms with Gasteiger partial charge in [-0.3, -0.25) is 9.59 Å². The third-order valence-corrected chi connectivity index (χ3v) is 17.0. The molecule has 0 atom stereocenters. The van der Waals surface area contributed by atoms with Crippen LogP contribution < -0.4 is 31.6 Å². The van der Waals surface area contributed by atoms with Gasteiger partial charge in [-0.25, -0.2) is 44.2 Å². The summed E-state index contributed by atoms with van der Waals surface area (Å²) in [6.07, 6.45) is 7.71. The number of nitrogens with one attached hydrogen (secondary N) is 2. The minimum atomic E-state index is -3.30. The van der Waals surface area contributed by atoms with E-state index in [0.29, 0.717) is 77.0 Å². The SMILES string of the molecule is COc1ccc(F)cc1C(=O)c1cnc(NC2CCN(S(=O)(=O)CCCCCl)CC2)nc1N.COc1ccc(F)cc1C(=O)c1cnc(NC2CCN(S(=O)(=O)CCCCN3CCN(C)CC3)CC2)nc1N. The number of piperazine rings is 1. The van der Waals surface area contributed by atoms with Gasteiger partial charge in [0.1, 0.15) is 34.8 Å². The lowest BCUT2D eigenvalue weighted by molar-refractivity contribution is 0.102. The van der Waals surface area contributed by atoms with Gasteiger partial charge in [-0.1, -0.05) is 0 Å². The van der Waals surface area contributed by atoms with Crippen molar-refractivity contribution in [3.63, 3.8) is 0 Å². The lowest BCUT2D eigenvalue weighted by Gasteiger charge is -2.33. The number of nitrogens with zero attached hydrogens (tertiary/aromatic N) is 8. The molecule has 7 rings (SSSR count). The number of halogens is 3. The van der Waals surface area contributed by atoms with Gasteiger partial charge in [-0.15, -0.1) is 11.6 Å². The first-order chi connectivity index (χ1) is 34.4. The van der Waals surface area contributed by atoms with Crippen LogP contribution in [0.3, 0.4) is 0 Å². The fourth-order valence-electron chi connectivity index (χ4n) is 8.53. The van der Waals surface area contributed by atoms with Crippen molar-refractivity contribution in [1.82, 2.24) is 38.3 Å². The highest BCUT2D eigenvalue weighted by Crippen LogP contribution is 2.28. The Hall–Kier alpha value is -5.37. The third kappa shape index (κ3) is 15.3. The molecule has 0 amide bonds. The molecule has 3 saturated heterocycles. The highest BCUT2D eigenvalue weighted by molar-refractivity contribution is 7.89. The molecule has 0 aliphatic carbocycles. The van der Waals surface area contributed by atoms with Crippen LogP contribution in [0.5, 0.6) is 11.5 Å². The molecule has 2 aromatic carbocycles. The van der Waals surface area contributed by atoms with E-state index in [9.17, 15) is 35.2 Å². The van der Waals surface area contributed by atoms with E-state index in [1.807, 2.05) is 0 Å². The van der Waals surface area contributed by atoms with E-state index in [2.05, 4.69) is 47.4 Å². The van der Waals surface area contributed by atoms with E-state index in [4.69, 9.17) is 32.5 Å². The number of ether oxygens (including phenoxy) is 2. The van der Waals surface area contributed by atoms with Crippen molar-refractivity contribution in [1.29, 1.82) is 0 Å². The van der Waals surface area contributed by atoms with Crippen LogP contribution >= 0.6 is 11.6 Å². The third-order valence-electron chi connectivity index (χ3n) is 12.8. The minimum absolute atomic E-state index is 0.0214. The predicted octanol–water partition coefficient (Wildman–Crippen LogP) is 4.33. The number of carbonyl (C=O) groups excluding carboxylic acids is 2. The number of hydrogen-bond acceptors (Lipinski definition) is 18. The van der Waals surface area contributed by atoms with Gasteiger partial charge < -0.3 is 41.4 Å². The molecule has 3 aliphatic rings. The number of ketones is 2. The number of piperidine rings is 2. The lowest BCUT2D eigenvalue weighted by atomic mass is 10.0. The van der Waals surface area contributed by atoms with Crippen LogP contribution in [-0.2, 0) is 20.0 Å². The van der Waals surface area contributed by atoms with Gasteiger partial charge in [0.2, 0.25) is 43.5 Å². The Morgan fingerprint density at radius 2 is 1.07 bits per heavy atom. The molecule has 20 nitrogen and oxygen atoms in total. The van der Waals surface area contributed by atoms with Crippen LogP contribution in [-0.4, -0.2) is 176 Å². The Morgan fingerprint density at radius 1 is 0.653 bits per heavy atom. The first-order valence-electron chi connectivity index (χ1n) is 23.9. The number of unbranched alkanes of at least 4 members (excludes halogenated alkanes) is 2.